The van der Waals surface area contributed by atoms with Crippen molar-refractivity contribution in [3.05, 3.63) is 0 Å². The third-order valence-electron chi connectivity index (χ3n) is 2.70. The van der Waals surface area contributed by atoms with E-state index in [9.17, 15) is 0 Å². The first-order valence-electron chi connectivity index (χ1n) is 5.28. The second-order valence-electron chi connectivity index (χ2n) is 4.38. The van der Waals surface area contributed by atoms with Gasteiger partial charge in [-0.25, -0.2) is 0 Å². The molecule has 2 atom stereocenters. The molecule has 3 nitrogen and oxygen atoms in total. The molecule has 0 aromatic heterocycles. The minimum absolute atomic E-state index is 0.431. The summed E-state index contributed by atoms with van der Waals surface area (Å²) in [6.45, 7) is 6.26. The molecule has 0 bridgehead atoms. The molecule has 0 aromatic rings. The SMILES string of the molecule is CC(C)CC(NN)C1CCCOC1. The van der Waals surface area contributed by atoms with Gasteiger partial charge in [-0.2, -0.15) is 0 Å². The van der Waals surface area contributed by atoms with Crippen LogP contribution >= 0.6 is 0 Å². The van der Waals surface area contributed by atoms with Gasteiger partial charge in [-0.15, -0.1) is 0 Å². The van der Waals surface area contributed by atoms with E-state index in [4.69, 9.17) is 10.6 Å². The van der Waals surface area contributed by atoms with E-state index < -0.39 is 0 Å². The van der Waals surface area contributed by atoms with Gasteiger partial charge in [0.15, 0.2) is 0 Å². The van der Waals surface area contributed by atoms with Gasteiger partial charge in [-0.05, 0) is 31.1 Å². The van der Waals surface area contributed by atoms with Crippen molar-refractivity contribution in [2.45, 2.75) is 39.2 Å². The lowest BCUT2D eigenvalue weighted by Crippen LogP contribution is -2.44. The van der Waals surface area contributed by atoms with Gasteiger partial charge in [0.1, 0.15) is 0 Å². The summed E-state index contributed by atoms with van der Waals surface area (Å²) in [5.41, 5.74) is 2.92. The average Bonchev–Trinajstić information content (AvgIpc) is 2.15. The van der Waals surface area contributed by atoms with Gasteiger partial charge in [-0.3, -0.25) is 11.3 Å². The first-order chi connectivity index (χ1) is 6.24. The van der Waals surface area contributed by atoms with Crippen LogP contribution in [-0.4, -0.2) is 19.3 Å². The van der Waals surface area contributed by atoms with E-state index in [2.05, 4.69) is 19.3 Å². The fourth-order valence-electron chi connectivity index (χ4n) is 1.99. The van der Waals surface area contributed by atoms with Crippen molar-refractivity contribution < 1.29 is 4.74 Å². The highest BCUT2D eigenvalue weighted by Crippen LogP contribution is 2.21. The van der Waals surface area contributed by atoms with Crippen LogP contribution in [0.3, 0.4) is 0 Å². The first kappa shape index (κ1) is 11.0. The second kappa shape index (κ2) is 5.58. The molecule has 1 aliphatic rings. The van der Waals surface area contributed by atoms with Gasteiger partial charge >= 0.3 is 0 Å². The standard InChI is InChI=1S/C10H22N2O/c1-8(2)6-10(12-11)9-4-3-5-13-7-9/h8-10,12H,3-7,11H2,1-2H3. The van der Waals surface area contributed by atoms with Gasteiger partial charge in [0, 0.05) is 12.6 Å². The Labute approximate surface area is 81.0 Å². The Bertz CT molecular complexity index is 133. The highest BCUT2D eigenvalue weighted by molar-refractivity contribution is 4.77. The molecule has 2 unspecified atom stereocenters. The molecular weight excluding hydrogens is 164 g/mol. The topological polar surface area (TPSA) is 47.3 Å². The molecule has 0 aromatic carbocycles. The summed E-state index contributed by atoms with van der Waals surface area (Å²) >= 11 is 0. The zero-order chi connectivity index (χ0) is 9.68. The molecule has 1 rings (SSSR count). The van der Waals surface area contributed by atoms with Crippen molar-refractivity contribution in [2.24, 2.45) is 17.7 Å². The fourth-order valence-corrected chi connectivity index (χ4v) is 1.99. The Morgan fingerprint density at radius 2 is 2.31 bits per heavy atom. The van der Waals surface area contributed by atoms with Crippen molar-refractivity contribution in [3.63, 3.8) is 0 Å². The van der Waals surface area contributed by atoms with Crippen molar-refractivity contribution in [1.82, 2.24) is 5.43 Å². The number of ether oxygens (including phenoxy) is 1. The smallest absolute Gasteiger partial charge is 0.0509 e. The van der Waals surface area contributed by atoms with Gasteiger partial charge in [0.25, 0.3) is 0 Å². The number of hydrazine groups is 1. The zero-order valence-electron chi connectivity index (χ0n) is 8.75. The van der Waals surface area contributed by atoms with E-state index in [1.165, 1.54) is 12.8 Å². The van der Waals surface area contributed by atoms with Gasteiger partial charge < -0.3 is 4.74 Å². The Balaban J connectivity index is 2.34. The van der Waals surface area contributed by atoms with Crippen LogP contribution in [0.25, 0.3) is 0 Å². The molecule has 13 heavy (non-hydrogen) atoms. The molecule has 0 aliphatic carbocycles. The molecular formula is C10H22N2O. The molecule has 0 radical (unpaired) electrons. The van der Waals surface area contributed by atoms with Crippen molar-refractivity contribution >= 4 is 0 Å². The van der Waals surface area contributed by atoms with Gasteiger partial charge in [0.05, 0.1) is 6.61 Å². The number of nitrogens with one attached hydrogen (secondary N) is 1. The molecule has 1 saturated heterocycles. The van der Waals surface area contributed by atoms with E-state index in [1.54, 1.807) is 0 Å². The monoisotopic (exact) mass is 186 g/mol. The Morgan fingerprint density at radius 1 is 1.54 bits per heavy atom. The predicted octanol–water partition coefficient (Wildman–Crippen LogP) is 1.29. The molecule has 0 saturated carbocycles. The summed E-state index contributed by atoms with van der Waals surface area (Å²) in [6.07, 6.45) is 3.58. The van der Waals surface area contributed by atoms with Crippen LogP contribution < -0.4 is 11.3 Å². The van der Waals surface area contributed by atoms with Crippen LogP contribution in [0.4, 0.5) is 0 Å². The minimum Gasteiger partial charge on any atom is -0.381 e. The number of rotatable bonds is 4. The number of hydrogen-bond donors (Lipinski definition) is 2. The lowest BCUT2D eigenvalue weighted by Gasteiger charge is -2.30. The van der Waals surface area contributed by atoms with Crippen molar-refractivity contribution in [3.8, 4) is 0 Å². The maximum atomic E-state index is 5.55. The van der Waals surface area contributed by atoms with E-state index in [-0.39, 0.29) is 0 Å². The van der Waals surface area contributed by atoms with Crippen molar-refractivity contribution in [2.75, 3.05) is 13.2 Å². The first-order valence-corrected chi connectivity index (χ1v) is 5.28. The normalized spacial score (nSPS) is 26.3. The third kappa shape index (κ3) is 3.63. The van der Waals surface area contributed by atoms with Crippen LogP contribution in [-0.2, 0) is 4.74 Å². The molecule has 0 amide bonds. The Kier molecular flexibility index (Phi) is 4.70. The summed E-state index contributed by atoms with van der Waals surface area (Å²) < 4.78 is 5.45. The molecule has 0 spiro atoms. The zero-order valence-corrected chi connectivity index (χ0v) is 8.75. The Morgan fingerprint density at radius 3 is 2.77 bits per heavy atom. The highest BCUT2D eigenvalue weighted by Gasteiger charge is 2.23. The molecule has 1 aliphatic heterocycles. The minimum atomic E-state index is 0.431. The highest BCUT2D eigenvalue weighted by atomic mass is 16.5. The lowest BCUT2D eigenvalue weighted by atomic mass is 9.88. The van der Waals surface area contributed by atoms with E-state index in [0.717, 1.165) is 19.6 Å². The summed E-state index contributed by atoms with van der Waals surface area (Å²) in [7, 11) is 0. The van der Waals surface area contributed by atoms with Crippen LogP contribution in [0.15, 0.2) is 0 Å². The van der Waals surface area contributed by atoms with E-state index in [1.807, 2.05) is 0 Å². The molecule has 1 fully saturated rings. The third-order valence-corrected chi connectivity index (χ3v) is 2.70. The predicted molar refractivity (Wildman–Crippen MR) is 54.1 cm³/mol. The summed E-state index contributed by atoms with van der Waals surface area (Å²) in [5, 5.41) is 0. The Hall–Kier alpha value is -0.120. The van der Waals surface area contributed by atoms with Crippen LogP contribution in [0.1, 0.15) is 33.1 Å². The van der Waals surface area contributed by atoms with E-state index in [0.29, 0.717) is 17.9 Å². The summed E-state index contributed by atoms with van der Waals surface area (Å²) in [6, 6.07) is 0.431. The maximum Gasteiger partial charge on any atom is 0.0509 e. The number of hydrogen-bond acceptors (Lipinski definition) is 3. The average molecular weight is 186 g/mol. The number of nitrogens with two attached hydrogens (primary N) is 1. The molecule has 1 heterocycles. The fraction of sp³-hybridized carbons (Fsp3) is 1.00. The summed E-state index contributed by atoms with van der Waals surface area (Å²) in [5.74, 6) is 6.86. The van der Waals surface area contributed by atoms with Gasteiger partial charge in [-0.1, -0.05) is 13.8 Å². The summed E-state index contributed by atoms with van der Waals surface area (Å²) in [4.78, 5) is 0. The molecule has 78 valence electrons. The molecule has 3 N–H and O–H groups in total. The molecule has 3 heteroatoms. The largest absolute Gasteiger partial charge is 0.381 e. The van der Waals surface area contributed by atoms with Gasteiger partial charge in [0.2, 0.25) is 0 Å². The second-order valence-corrected chi connectivity index (χ2v) is 4.38. The maximum absolute atomic E-state index is 5.55. The lowest BCUT2D eigenvalue weighted by molar-refractivity contribution is 0.0360. The van der Waals surface area contributed by atoms with Crippen LogP contribution in [0, 0.1) is 11.8 Å². The quantitative estimate of drug-likeness (QED) is 0.514. The van der Waals surface area contributed by atoms with Crippen LogP contribution in [0.5, 0.6) is 0 Å². The van der Waals surface area contributed by atoms with Crippen LogP contribution in [0.2, 0.25) is 0 Å². The van der Waals surface area contributed by atoms with Crippen molar-refractivity contribution in [1.29, 1.82) is 0 Å². The van der Waals surface area contributed by atoms with E-state index >= 15 is 0 Å².